The van der Waals surface area contributed by atoms with Crippen LogP contribution in [0.1, 0.15) is 0 Å². The van der Waals surface area contributed by atoms with Gasteiger partial charge in [-0.15, -0.1) is 0 Å². The molecule has 0 atom stereocenters. The van der Waals surface area contributed by atoms with Crippen molar-refractivity contribution in [1.29, 1.82) is 0 Å². The van der Waals surface area contributed by atoms with Crippen LogP contribution in [0.5, 0.6) is 0 Å². The van der Waals surface area contributed by atoms with Crippen molar-refractivity contribution in [2.24, 2.45) is 0 Å². The average Bonchev–Trinajstić information content (AvgIpc) is 1.38. The number of carbonyl (C=O) groups is 1. The highest BCUT2D eigenvalue weighted by Gasteiger charge is 1.74. The second-order valence-corrected chi connectivity index (χ2v) is 0.881. The van der Waals surface area contributed by atoms with Crippen molar-refractivity contribution in [3.63, 3.8) is 0 Å². The van der Waals surface area contributed by atoms with Crippen LogP contribution in [0.4, 0.5) is 0 Å². The molecule has 3 heteroatoms. The summed E-state index contributed by atoms with van der Waals surface area (Å²) < 4.78 is 0. The molecule has 1 nitrogen and oxygen atoms in total. The first-order valence-corrected chi connectivity index (χ1v) is 1.47. The molecule has 0 saturated carbocycles. The molecule has 0 amide bonds. The lowest BCUT2D eigenvalue weighted by Crippen LogP contribution is -1.67. The molecule has 0 radical (unpaired) electrons. The number of halogens is 1. The monoisotopic (exact) mass is 104 g/mol. The van der Waals surface area contributed by atoms with E-state index in [9.17, 15) is 4.79 Å². The quantitative estimate of drug-likeness (QED) is 0.255. The maximum atomic E-state index is 9.46. The lowest BCUT2D eigenvalue weighted by molar-refractivity contribution is -0.107. The van der Waals surface area contributed by atoms with E-state index in [1.165, 1.54) is 0 Å². The highest BCUT2D eigenvalue weighted by atomic mass is 35.5. The Bertz CT molecular complexity index is 61.8. The van der Waals surface area contributed by atoms with Gasteiger partial charge in [0.05, 0.1) is 8.41 Å². The Morgan fingerprint density at radius 3 is 2.00 bits per heavy atom. The van der Waals surface area contributed by atoms with Crippen LogP contribution < -0.4 is 0 Å². The van der Waals surface area contributed by atoms with Gasteiger partial charge < -0.3 is 0 Å². The van der Waals surface area contributed by atoms with Gasteiger partial charge in [-0.3, -0.25) is 4.79 Å². The van der Waals surface area contributed by atoms with E-state index in [2.05, 4.69) is 6.58 Å². The molecular weight excluding hydrogens is 98.3 g/mol. The summed E-state index contributed by atoms with van der Waals surface area (Å²) in [5, 5.41) is -0.509. The van der Waals surface area contributed by atoms with Gasteiger partial charge in [0.15, 0.2) is 0 Å². The summed E-state index contributed by atoms with van der Waals surface area (Å²) >= 11 is 4.71. The number of hydrogen-bond acceptors (Lipinski definition) is 1. The Kier molecular flexibility index (Phi) is 7.33. The van der Waals surface area contributed by atoms with Gasteiger partial charge in [0, 0.05) is 0 Å². The van der Waals surface area contributed by atoms with E-state index in [1.54, 1.807) is 0 Å². The first kappa shape index (κ1) is 9.23. The van der Waals surface area contributed by atoms with Gasteiger partial charge >= 0.3 is 0 Å². The van der Waals surface area contributed by atoms with E-state index in [4.69, 9.17) is 11.6 Å². The summed E-state index contributed by atoms with van der Waals surface area (Å²) in [6.07, 6.45) is 1.04. The molecule has 0 heterocycles. The molecular formula is C3H6BClO. The molecule has 0 rings (SSSR count). The maximum absolute atomic E-state index is 9.46. The second-order valence-electron chi connectivity index (χ2n) is 0.508. The zero-order valence-electron chi connectivity index (χ0n) is 2.57. The predicted octanol–water partition coefficient (Wildman–Crippen LogP) is -0.246. The van der Waals surface area contributed by atoms with Crippen LogP contribution in [0.25, 0.3) is 0 Å². The lowest BCUT2D eigenvalue weighted by atomic mass is 10.7. The zero-order valence-corrected chi connectivity index (χ0v) is 3.33. The molecule has 0 aromatic carbocycles. The molecule has 0 fully saturated rings. The van der Waals surface area contributed by atoms with Crippen molar-refractivity contribution in [1.82, 2.24) is 0 Å². The Balaban J connectivity index is 0. The minimum atomic E-state index is -0.509. The normalized spacial score (nSPS) is 5.50. The van der Waals surface area contributed by atoms with Crippen molar-refractivity contribution >= 4 is 25.3 Å². The van der Waals surface area contributed by atoms with Gasteiger partial charge in [-0.25, -0.2) is 0 Å². The van der Waals surface area contributed by atoms with E-state index in [0.717, 1.165) is 6.08 Å². The first-order valence-electron chi connectivity index (χ1n) is 1.09. The molecule has 0 aliphatic heterocycles. The predicted molar refractivity (Wildman–Crippen MR) is 31.0 cm³/mol. The SMILES string of the molecule is B.C=CC(=O)Cl. The standard InChI is InChI=1S/C3H3ClO.BH3/c1-2-3(4)5;/h2H,1H2;1H3. The Morgan fingerprint density at radius 1 is 1.83 bits per heavy atom. The topological polar surface area (TPSA) is 17.1 Å². The van der Waals surface area contributed by atoms with Crippen molar-refractivity contribution in [2.75, 3.05) is 0 Å². The lowest BCUT2D eigenvalue weighted by Gasteiger charge is -1.59. The van der Waals surface area contributed by atoms with Gasteiger partial charge in [0.1, 0.15) is 0 Å². The Morgan fingerprint density at radius 2 is 2.00 bits per heavy atom. The summed E-state index contributed by atoms with van der Waals surface area (Å²) in [4.78, 5) is 9.46. The molecule has 0 aromatic heterocycles. The van der Waals surface area contributed by atoms with Crippen molar-refractivity contribution < 1.29 is 4.79 Å². The van der Waals surface area contributed by atoms with E-state index < -0.39 is 5.24 Å². The third kappa shape index (κ3) is 9.24. The van der Waals surface area contributed by atoms with Crippen molar-refractivity contribution in [2.45, 2.75) is 0 Å². The summed E-state index contributed by atoms with van der Waals surface area (Å²) in [6, 6.07) is 0. The first-order chi connectivity index (χ1) is 2.27. The summed E-state index contributed by atoms with van der Waals surface area (Å²) in [6.45, 7) is 3.08. The fourth-order valence-electron chi connectivity index (χ4n) is 0. The van der Waals surface area contributed by atoms with Gasteiger partial charge in [-0.05, 0) is 17.7 Å². The van der Waals surface area contributed by atoms with Gasteiger partial charge in [-0.1, -0.05) is 6.58 Å². The number of rotatable bonds is 1. The summed E-state index contributed by atoms with van der Waals surface area (Å²) in [5.41, 5.74) is 0. The van der Waals surface area contributed by atoms with Gasteiger partial charge in [0.25, 0.3) is 0 Å². The highest BCUT2D eigenvalue weighted by molar-refractivity contribution is 6.66. The van der Waals surface area contributed by atoms with E-state index in [1.807, 2.05) is 0 Å². The van der Waals surface area contributed by atoms with E-state index >= 15 is 0 Å². The molecule has 0 aliphatic rings. The van der Waals surface area contributed by atoms with Crippen LogP contribution in [0, 0.1) is 0 Å². The van der Waals surface area contributed by atoms with E-state index in [-0.39, 0.29) is 8.41 Å². The van der Waals surface area contributed by atoms with Crippen molar-refractivity contribution in [3.8, 4) is 0 Å². The molecule has 34 valence electrons. The number of hydrogen-bond donors (Lipinski definition) is 0. The molecule has 0 bridgehead atoms. The molecule has 6 heavy (non-hydrogen) atoms. The van der Waals surface area contributed by atoms with Gasteiger partial charge in [-0.2, -0.15) is 0 Å². The maximum Gasteiger partial charge on any atom is 0.244 e. The minimum Gasteiger partial charge on any atom is -0.276 e. The van der Waals surface area contributed by atoms with Crippen LogP contribution in [0.3, 0.4) is 0 Å². The van der Waals surface area contributed by atoms with Crippen LogP contribution in [0.2, 0.25) is 0 Å². The molecule has 0 spiro atoms. The van der Waals surface area contributed by atoms with Crippen LogP contribution in [-0.2, 0) is 4.79 Å². The van der Waals surface area contributed by atoms with Crippen LogP contribution in [-0.4, -0.2) is 13.7 Å². The smallest absolute Gasteiger partial charge is 0.244 e. The zero-order chi connectivity index (χ0) is 4.28. The fourth-order valence-corrected chi connectivity index (χ4v) is 0. The third-order valence-corrected chi connectivity index (χ3v) is 0.315. The molecule has 0 aromatic rings. The second kappa shape index (κ2) is 4.76. The number of carbonyl (C=O) groups excluding carboxylic acids is 1. The van der Waals surface area contributed by atoms with Crippen LogP contribution in [0.15, 0.2) is 12.7 Å². The van der Waals surface area contributed by atoms with Gasteiger partial charge in [0.2, 0.25) is 5.24 Å². The summed E-state index contributed by atoms with van der Waals surface area (Å²) in [7, 11) is 0. The Hall–Kier alpha value is -0.235. The average molecular weight is 104 g/mol. The molecule has 0 N–H and O–H groups in total. The summed E-state index contributed by atoms with van der Waals surface area (Å²) in [5.74, 6) is 0. The fraction of sp³-hybridized carbons (Fsp3) is 0. The van der Waals surface area contributed by atoms with Crippen LogP contribution >= 0.6 is 11.6 Å². The minimum absolute atomic E-state index is 0. The molecule has 0 unspecified atom stereocenters. The van der Waals surface area contributed by atoms with E-state index in [0.29, 0.717) is 0 Å². The highest BCUT2D eigenvalue weighted by Crippen LogP contribution is 1.74. The molecule has 0 aliphatic carbocycles. The third-order valence-electron chi connectivity index (χ3n) is 0.160. The Labute approximate surface area is 43.6 Å². The molecule has 0 saturated heterocycles. The van der Waals surface area contributed by atoms with Crippen molar-refractivity contribution in [3.05, 3.63) is 12.7 Å². The largest absolute Gasteiger partial charge is 0.276 e. The number of allylic oxidation sites excluding steroid dienone is 1.